The summed E-state index contributed by atoms with van der Waals surface area (Å²) in [5, 5.41) is 21.3. The second-order valence-corrected chi connectivity index (χ2v) is 10.7. The molecule has 1 aromatic rings. The molecule has 3 aliphatic rings. The molecule has 0 heterocycles. The van der Waals surface area contributed by atoms with E-state index in [1.165, 1.54) is 23.3 Å². The zero-order chi connectivity index (χ0) is 22.6. The molecule has 4 nitrogen and oxygen atoms in total. The Morgan fingerprint density at radius 2 is 1.97 bits per heavy atom. The van der Waals surface area contributed by atoms with Gasteiger partial charge >= 0.3 is 0 Å². The summed E-state index contributed by atoms with van der Waals surface area (Å²) in [5.74, 6) is 2.11. The number of hydrogen-bond donors (Lipinski definition) is 2. The third-order valence-electron chi connectivity index (χ3n) is 8.16. The van der Waals surface area contributed by atoms with Crippen molar-refractivity contribution in [1.29, 1.82) is 0 Å². The molecule has 1 fully saturated rings. The first-order chi connectivity index (χ1) is 14.5. The van der Waals surface area contributed by atoms with E-state index in [1.807, 2.05) is 0 Å². The molecular weight excluding hydrogens is 388 g/mol. The van der Waals surface area contributed by atoms with Crippen LogP contribution in [0.5, 0.6) is 5.75 Å². The van der Waals surface area contributed by atoms with E-state index in [2.05, 4.69) is 31.2 Å². The predicted octanol–water partition coefficient (Wildman–Crippen LogP) is 4.73. The van der Waals surface area contributed by atoms with Crippen molar-refractivity contribution in [3.8, 4) is 5.75 Å². The molecule has 3 aliphatic carbocycles. The van der Waals surface area contributed by atoms with E-state index in [0.29, 0.717) is 17.8 Å². The molecule has 4 heteroatoms. The van der Waals surface area contributed by atoms with Crippen LogP contribution in [0.3, 0.4) is 0 Å². The van der Waals surface area contributed by atoms with Crippen LogP contribution in [0.1, 0.15) is 70.4 Å². The summed E-state index contributed by atoms with van der Waals surface area (Å²) in [6.07, 6.45) is 10.1. The number of benzene rings is 1. The van der Waals surface area contributed by atoms with Gasteiger partial charge in [0.2, 0.25) is 0 Å². The van der Waals surface area contributed by atoms with E-state index < -0.39 is 11.2 Å². The molecule has 0 aliphatic heterocycles. The largest absolute Gasteiger partial charge is 0.497 e. The van der Waals surface area contributed by atoms with Crippen LogP contribution in [-0.2, 0) is 11.2 Å². The quantitative estimate of drug-likeness (QED) is 0.529. The molecule has 2 N–H and O–H groups in total. The number of allylic oxidation sites excluding steroid dienone is 1. The minimum atomic E-state index is -1.54. The van der Waals surface area contributed by atoms with Crippen LogP contribution < -0.4 is 4.74 Å². The Bertz CT molecular complexity index is 933. The molecule has 5 atom stereocenters. The van der Waals surface area contributed by atoms with Gasteiger partial charge in [0.05, 0.1) is 12.7 Å². The molecule has 0 saturated heterocycles. The molecule has 0 bridgehead atoms. The number of ether oxygens (including phenoxy) is 1. The van der Waals surface area contributed by atoms with Crippen LogP contribution in [-0.4, -0.2) is 34.3 Å². The first-order valence-corrected chi connectivity index (χ1v) is 11.5. The summed E-state index contributed by atoms with van der Waals surface area (Å²) in [6.45, 7) is 7.11. The van der Waals surface area contributed by atoms with Gasteiger partial charge in [-0.25, -0.2) is 0 Å². The minimum absolute atomic E-state index is 0.174. The molecule has 1 saturated carbocycles. The first kappa shape index (κ1) is 22.3. The summed E-state index contributed by atoms with van der Waals surface area (Å²) in [7, 11) is 1.72. The maximum Gasteiger partial charge on any atom is 0.190 e. The van der Waals surface area contributed by atoms with Crippen molar-refractivity contribution in [1.82, 2.24) is 0 Å². The highest BCUT2D eigenvalue weighted by atomic mass is 16.5. The Balaban J connectivity index is 1.59. The molecule has 168 valence electrons. The van der Waals surface area contributed by atoms with Gasteiger partial charge in [-0.1, -0.05) is 25.1 Å². The predicted molar refractivity (Wildman–Crippen MR) is 122 cm³/mol. The van der Waals surface area contributed by atoms with Gasteiger partial charge in [0.25, 0.3) is 0 Å². The van der Waals surface area contributed by atoms with Gasteiger partial charge in [0.15, 0.2) is 5.78 Å². The Hall–Kier alpha value is -1.91. The highest BCUT2D eigenvalue weighted by molar-refractivity contribution is 5.99. The van der Waals surface area contributed by atoms with Crippen LogP contribution in [0.15, 0.2) is 42.0 Å². The average Bonchev–Trinajstić information content (AvgIpc) is 3.08. The van der Waals surface area contributed by atoms with Crippen molar-refractivity contribution in [3.05, 3.63) is 53.1 Å². The van der Waals surface area contributed by atoms with Crippen LogP contribution in [0, 0.1) is 17.3 Å². The smallest absolute Gasteiger partial charge is 0.190 e. The maximum atomic E-state index is 12.9. The van der Waals surface area contributed by atoms with E-state index in [1.54, 1.807) is 27.9 Å². The van der Waals surface area contributed by atoms with Gasteiger partial charge in [0, 0.05) is 0 Å². The standard InChI is InChI=1S/C27H36O4/c1-25(2,29)14-13-24(28)27(4,30)23-11-10-22-21-8-6-17-16-18(31-5)7-9-19(17)20(21)12-15-26(22,23)3/h7,9,11,13-14,16,20-22,29-30H,6,8,10,12,15H2,1-5H3/b14-13+/t20-,21-,22+,26+,27-/m1/s1. The SMILES string of the molecule is COc1ccc2c(c1)CC[C@@H]1[C@@H]2CC[C@]2(C)C([C@@](C)(O)C(=O)/C=C/C(C)(C)O)=CC[C@@H]12. The van der Waals surface area contributed by atoms with Crippen LogP contribution in [0.25, 0.3) is 0 Å². The molecular formula is C27H36O4. The molecule has 4 rings (SSSR count). The lowest BCUT2D eigenvalue weighted by atomic mass is 9.53. The second-order valence-electron chi connectivity index (χ2n) is 10.7. The van der Waals surface area contributed by atoms with E-state index >= 15 is 0 Å². The number of aryl methyl sites for hydroxylation is 1. The van der Waals surface area contributed by atoms with E-state index in [0.717, 1.165) is 43.4 Å². The fraction of sp³-hybridized carbons (Fsp3) is 0.593. The molecule has 0 aromatic heterocycles. The molecule has 0 unspecified atom stereocenters. The summed E-state index contributed by atoms with van der Waals surface area (Å²) < 4.78 is 5.43. The number of rotatable bonds is 5. The number of ketones is 1. The van der Waals surface area contributed by atoms with Crippen molar-refractivity contribution >= 4 is 5.78 Å². The monoisotopic (exact) mass is 424 g/mol. The lowest BCUT2D eigenvalue weighted by Crippen LogP contribution is -2.48. The highest BCUT2D eigenvalue weighted by Crippen LogP contribution is 2.62. The van der Waals surface area contributed by atoms with Gasteiger partial charge in [-0.2, -0.15) is 0 Å². The molecule has 0 spiro atoms. The highest BCUT2D eigenvalue weighted by Gasteiger charge is 2.56. The lowest BCUT2D eigenvalue weighted by molar-refractivity contribution is -0.129. The Labute approximate surface area is 186 Å². The number of carbonyl (C=O) groups is 1. The van der Waals surface area contributed by atoms with E-state index in [4.69, 9.17) is 4.74 Å². The molecule has 31 heavy (non-hydrogen) atoms. The van der Waals surface area contributed by atoms with E-state index in [9.17, 15) is 15.0 Å². The minimum Gasteiger partial charge on any atom is -0.497 e. The molecule has 0 radical (unpaired) electrons. The fourth-order valence-electron chi connectivity index (χ4n) is 6.58. The van der Waals surface area contributed by atoms with Crippen LogP contribution in [0.4, 0.5) is 0 Å². The van der Waals surface area contributed by atoms with Gasteiger partial charge in [-0.05, 0) is 111 Å². The number of aliphatic hydroxyl groups is 2. The van der Waals surface area contributed by atoms with Gasteiger partial charge in [0.1, 0.15) is 11.4 Å². The van der Waals surface area contributed by atoms with Crippen molar-refractivity contribution in [2.45, 2.75) is 76.9 Å². The summed E-state index contributed by atoms with van der Waals surface area (Å²) in [5.41, 5.74) is 0.941. The number of fused-ring (bicyclic) bond motifs is 5. The van der Waals surface area contributed by atoms with Crippen molar-refractivity contribution in [3.63, 3.8) is 0 Å². The lowest BCUT2D eigenvalue weighted by Gasteiger charge is -2.51. The fourth-order valence-corrected chi connectivity index (χ4v) is 6.58. The van der Waals surface area contributed by atoms with Crippen molar-refractivity contribution in [2.75, 3.05) is 7.11 Å². The number of methoxy groups -OCH3 is 1. The van der Waals surface area contributed by atoms with Crippen molar-refractivity contribution in [2.24, 2.45) is 17.3 Å². The Morgan fingerprint density at radius 1 is 1.23 bits per heavy atom. The van der Waals surface area contributed by atoms with E-state index in [-0.39, 0.29) is 11.2 Å². The summed E-state index contributed by atoms with van der Waals surface area (Å²) in [4.78, 5) is 12.9. The second kappa shape index (κ2) is 7.60. The molecule has 0 amide bonds. The third-order valence-corrected chi connectivity index (χ3v) is 8.16. The van der Waals surface area contributed by atoms with Gasteiger partial charge in [-0.15, -0.1) is 0 Å². The Kier molecular flexibility index (Phi) is 5.46. The maximum absolute atomic E-state index is 12.9. The van der Waals surface area contributed by atoms with Crippen LogP contribution in [0.2, 0.25) is 0 Å². The summed E-state index contributed by atoms with van der Waals surface area (Å²) in [6, 6.07) is 6.51. The van der Waals surface area contributed by atoms with Gasteiger partial charge in [-0.3, -0.25) is 4.79 Å². The van der Waals surface area contributed by atoms with Crippen molar-refractivity contribution < 1.29 is 19.7 Å². The topological polar surface area (TPSA) is 66.8 Å². The molecule has 1 aromatic carbocycles. The number of carbonyl (C=O) groups excluding carboxylic acids is 1. The Morgan fingerprint density at radius 3 is 2.65 bits per heavy atom. The number of hydrogen-bond acceptors (Lipinski definition) is 4. The van der Waals surface area contributed by atoms with Gasteiger partial charge < -0.3 is 14.9 Å². The zero-order valence-electron chi connectivity index (χ0n) is 19.4. The normalized spacial score (nSPS) is 32.0. The average molecular weight is 425 g/mol. The first-order valence-electron chi connectivity index (χ1n) is 11.5. The zero-order valence-corrected chi connectivity index (χ0v) is 19.4. The third kappa shape index (κ3) is 3.78. The summed E-state index contributed by atoms with van der Waals surface area (Å²) >= 11 is 0. The van der Waals surface area contributed by atoms with Crippen LogP contribution >= 0.6 is 0 Å².